The zero-order chi connectivity index (χ0) is 39.8. The topological polar surface area (TPSA) is 25.8 Å². The summed E-state index contributed by atoms with van der Waals surface area (Å²) in [4.78, 5) is 21.3. The van der Waals surface area contributed by atoms with Crippen LogP contribution >= 0.6 is 99.9 Å². The molecular weight excluding hydrogens is 957 g/mol. The molecule has 0 atom stereocenters. The van der Waals surface area contributed by atoms with E-state index in [4.69, 9.17) is 9.97 Å². The minimum Gasteiger partial charge on any atom is -0.242 e. The molecule has 2 nitrogen and oxygen atoms in total. The Balaban J connectivity index is 1.17. The summed E-state index contributed by atoms with van der Waals surface area (Å²) < 4.78 is 2.22. The van der Waals surface area contributed by atoms with Crippen LogP contribution in [0, 0.1) is 0 Å². The molecule has 7 heterocycles. The van der Waals surface area contributed by atoms with Gasteiger partial charge >= 0.3 is 0 Å². The van der Waals surface area contributed by atoms with Gasteiger partial charge in [-0.1, -0.05) is 90.2 Å². The highest BCUT2D eigenvalue weighted by atomic mass is 79.9. The summed E-state index contributed by atoms with van der Waals surface area (Å²) in [6.07, 6.45) is 18.3. The zero-order valence-corrected chi connectivity index (χ0v) is 41.2. The van der Waals surface area contributed by atoms with Crippen LogP contribution in [0.5, 0.6) is 0 Å². The minimum atomic E-state index is 0.941. The van der Waals surface area contributed by atoms with Crippen molar-refractivity contribution in [2.24, 2.45) is 0 Å². The lowest BCUT2D eigenvalue weighted by molar-refractivity contribution is 0.608. The van der Waals surface area contributed by atoms with Crippen LogP contribution in [0.25, 0.3) is 72.6 Å². The van der Waals surface area contributed by atoms with Gasteiger partial charge in [-0.25, -0.2) is 9.97 Å². The largest absolute Gasteiger partial charge is 0.242 e. The number of halogens is 2. The van der Waals surface area contributed by atoms with Gasteiger partial charge in [0.1, 0.15) is 11.4 Å². The molecule has 7 aromatic heterocycles. The van der Waals surface area contributed by atoms with Gasteiger partial charge in [0.05, 0.1) is 28.4 Å². The van der Waals surface area contributed by atoms with E-state index in [2.05, 4.69) is 129 Å². The normalized spacial score (nSPS) is 11.7. The van der Waals surface area contributed by atoms with E-state index in [1.165, 1.54) is 117 Å². The van der Waals surface area contributed by atoms with E-state index in [-0.39, 0.29) is 0 Å². The Labute approximate surface area is 384 Å². The number of unbranched alkanes of at least 4 members (excludes halogenated alkanes) is 10. The first kappa shape index (κ1) is 42.4. The van der Waals surface area contributed by atoms with E-state index >= 15 is 0 Å². The van der Waals surface area contributed by atoms with Gasteiger partial charge in [-0.05, 0) is 140 Å². The van der Waals surface area contributed by atoms with Gasteiger partial charge < -0.3 is 0 Å². The van der Waals surface area contributed by atoms with Crippen molar-refractivity contribution < 1.29 is 0 Å². The van der Waals surface area contributed by atoms with E-state index in [1.54, 1.807) is 22.7 Å². The van der Waals surface area contributed by atoms with E-state index in [9.17, 15) is 0 Å². The molecule has 0 N–H and O–H groups in total. The Bertz CT molecular complexity index is 2390. The highest BCUT2D eigenvalue weighted by Gasteiger charge is 2.23. The van der Waals surface area contributed by atoms with Crippen molar-refractivity contribution in [3.63, 3.8) is 0 Å². The van der Waals surface area contributed by atoms with Crippen molar-refractivity contribution in [2.75, 3.05) is 0 Å². The Hall–Kier alpha value is -2.28. The number of nitrogens with zero attached hydrogens (tertiary/aromatic N) is 2. The van der Waals surface area contributed by atoms with E-state index in [1.807, 2.05) is 45.3 Å². The van der Waals surface area contributed by atoms with Crippen LogP contribution in [-0.4, -0.2) is 9.97 Å². The Kier molecular flexibility index (Phi) is 15.0. The molecule has 0 fully saturated rings. The van der Waals surface area contributed by atoms with Crippen molar-refractivity contribution in [3.05, 3.63) is 102 Å². The van der Waals surface area contributed by atoms with Gasteiger partial charge in [0.25, 0.3) is 0 Å². The standard InChI is InChI=1S/C48H48Br2N2S6/c1-3-5-7-9-11-13-15-31-27-41(53-29-31)37-19-21-39(55-37)47-48(40-22-20-38(56-40)42-28-32(30-54-42)16-14-12-10-8-6-4-2)52-46-34(36-24-26-44(50)58-36)18-17-33(45(46)51-47)35-23-25-43(49)57-35/h17-30H,3-16H2,1-2H3. The highest BCUT2D eigenvalue weighted by Crippen LogP contribution is 2.47. The number of fused-ring (bicyclic) bond motifs is 1. The number of aromatic nitrogens is 2. The predicted octanol–water partition coefficient (Wildman–Crippen LogP) is 19.3. The SMILES string of the molecule is CCCCCCCCc1csc(-c2ccc(-c3nc4c(-c5ccc(Br)s5)ccc(-c5ccc(Br)s5)c4nc3-c3ccc(-c4cc(CCCCCCCC)cs4)s3)s2)c1. The fourth-order valence-corrected chi connectivity index (χ4v) is 14.4. The van der Waals surface area contributed by atoms with Crippen molar-refractivity contribution in [1.82, 2.24) is 9.97 Å². The molecule has 58 heavy (non-hydrogen) atoms. The summed E-state index contributed by atoms with van der Waals surface area (Å²) >= 11 is 18.4. The summed E-state index contributed by atoms with van der Waals surface area (Å²) in [7, 11) is 0. The molecule has 0 saturated carbocycles. The van der Waals surface area contributed by atoms with Crippen LogP contribution in [0.15, 0.2) is 91.1 Å². The van der Waals surface area contributed by atoms with Crippen LogP contribution in [0.2, 0.25) is 0 Å². The predicted molar refractivity (Wildman–Crippen MR) is 269 cm³/mol. The first-order chi connectivity index (χ1) is 28.5. The average molecular weight is 1010 g/mol. The van der Waals surface area contributed by atoms with Gasteiger partial charge in [0.15, 0.2) is 0 Å². The average Bonchev–Trinajstić information content (AvgIpc) is 4.09. The Morgan fingerprint density at radius 1 is 0.414 bits per heavy atom. The summed E-state index contributed by atoms with van der Waals surface area (Å²) in [5.74, 6) is 0. The lowest BCUT2D eigenvalue weighted by atomic mass is 10.0. The maximum Gasteiger partial charge on any atom is 0.108 e. The van der Waals surface area contributed by atoms with Gasteiger partial charge in [-0.15, -0.1) is 68.0 Å². The van der Waals surface area contributed by atoms with Crippen molar-refractivity contribution in [3.8, 4) is 61.5 Å². The number of aryl methyl sites for hydroxylation is 2. The van der Waals surface area contributed by atoms with Crippen LogP contribution in [0.3, 0.4) is 0 Å². The molecule has 0 spiro atoms. The molecule has 8 rings (SSSR count). The third-order valence-electron chi connectivity index (χ3n) is 10.6. The number of benzene rings is 1. The smallest absolute Gasteiger partial charge is 0.108 e. The van der Waals surface area contributed by atoms with Crippen LogP contribution in [0.4, 0.5) is 0 Å². The Morgan fingerprint density at radius 3 is 1.22 bits per heavy atom. The molecule has 0 saturated heterocycles. The molecule has 10 heteroatoms. The molecule has 0 amide bonds. The molecule has 0 radical (unpaired) electrons. The number of rotatable bonds is 20. The van der Waals surface area contributed by atoms with Gasteiger partial charge in [0, 0.05) is 40.4 Å². The van der Waals surface area contributed by atoms with E-state index in [0.29, 0.717) is 0 Å². The van der Waals surface area contributed by atoms with E-state index < -0.39 is 0 Å². The lowest BCUT2D eigenvalue weighted by Crippen LogP contribution is -1.96. The fraction of sp³-hybridized carbons (Fsp3) is 0.333. The molecule has 0 unspecified atom stereocenters. The fourth-order valence-electron chi connectivity index (χ4n) is 7.48. The van der Waals surface area contributed by atoms with Gasteiger partial charge in [-0.2, -0.15) is 0 Å². The van der Waals surface area contributed by atoms with Crippen molar-refractivity contribution in [1.29, 1.82) is 0 Å². The number of hydrogen-bond acceptors (Lipinski definition) is 8. The maximum absolute atomic E-state index is 5.67. The maximum atomic E-state index is 5.67. The summed E-state index contributed by atoms with van der Waals surface area (Å²) in [6, 6.07) is 27.1. The molecule has 0 bridgehead atoms. The van der Waals surface area contributed by atoms with Crippen LogP contribution < -0.4 is 0 Å². The van der Waals surface area contributed by atoms with Crippen LogP contribution in [0.1, 0.15) is 102 Å². The quantitative estimate of drug-likeness (QED) is 0.0711. The first-order valence-corrected chi connectivity index (χ1v) is 27.3. The summed E-state index contributed by atoms with van der Waals surface area (Å²) in [5, 5.41) is 4.74. The molecule has 8 aromatic rings. The second kappa shape index (κ2) is 20.5. The Morgan fingerprint density at radius 2 is 0.810 bits per heavy atom. The summed E-state index contributed by atoms with van der Waals surface area (Å²) in [6.45, 7) is 4.57. The second-order valence-electron chi connectivity index (χ2n) is 15.0. The van der Waals surface area contributed by atoms with Crippen molar-refractivity contribution >= 4 is 111 Å². The number of hydrogen-bond donors (Lipinski definition) is 0. The third-order valence-corrected chi connectivity index (χ3v) is 18.5. The minimum absolute atomic E-state index is 0.941. The molecule has 300 valence electrons. The molecule has 0 aliphatic rings. The first-order valence-electron chi connectivity index (χ1n) is 20.7. The molecule has 1 aromatic carbocycles. The summed E-state index contributed by atoms with van der Waals surface area (Å²) in [5.41, 5.74) is 8.95. The molecule has 0 aliphatic heterocycles. The number of thiophene rings is 6. The van der Waals surface area contributed by atoms with Crippen LogP contribution in [-0.2, 0) is 12.8 Å². The monoisotopic (exact) mass is 1000 g/mol. The van der Waals surface area contributed by atoms with Gasteiger partial charge in [0.2, 0.25) is 0 Å². The lowest BCUT2D eigenvalue weighted by Gasteiger charge is -2.13. The van der Waals surface area contributed by atoms with Crippen molar-refractivity contribution in [2.45, 2.75) is 104 Å². The molecular formula is C48H48Br2N2S6. The molecule has 0 aliphatic carbocycles. The van der Waals surface area contributed by atoms with Gasteiger partial charge in [-0.3, -0.25) is 0 Å². The third kappa shape index (κ3) is 10.2. The van der Waals surface area contributed by atoms with E-state index in [0.717, 1.165) is 63.7 Å². The second-order valence-corrected chi connectivity index (χ2v) is 23.9. The highest BCUT2D eigenvalue weighted by molar-refractivity contribution is 9.11. The zero-order valence-electron chi connectivity index (χ0n) is 33.1.